The number of benzene rings is 2. The first-order chi connectivity index (χ1) is 11.0. The molecule has 2 rings (SSSR count). The highest BCUT2D eigenvalue weighted by atomic mass is 79.9. The summed E-state index contributed by atoms with van der Waals surface area (Å²) in [5.41, 5.74) is 6.65. The highest BCUT2D eigenvalue weighted by Gasteiger charge is 2.11. The summed E-state index contributed by atoms with van der Waals surface area (Å²) >= 11 is 3.42. The standard InChI is InChI=1S/C17H15BrFNO3/c1-22-15-9-12(4-7-16(20)21)8-14(18)17(15)23-10-11-2-5-13(19)6-3-11/h2-9H,10H2,1H3,(H2,20,21)/b7-4+. The molecule has 4 nitrogen and oxygen atoms in total. The molecule has 0 aliphatic heterocycles. The number of halogens is 2. The Morgan fingerprint density at radius 2 is 2.00 bits per heavy atom. The van der Waals surface area contributed by atoms with Gasteiger partial charge in [-0.3, -0.25) is 4.79 Å². The molecule has 1 amide bonds. The normalized spacial score (nSPS) is 10.7. The van der Waals surface area contributed by atoms with Gasteiger partial charge in [-0.15, -0.1) is 0 Å². The number of hydrogen-bond acceptors (Lipinski definition) is 3. The Labute approximate surface area is 141 Å². The van der Waals surface area contributed by atoms with Crippen molar-refractivity contribution in [3.05, 3.63) is 63.9 Å². The van der Waals surface area contributed by atoms with Crippen LogP contribution in [0.15, 0.2) is 46.9 Å². The van der Waals surface area contributed by atoms with Crippen molar-refractivity contribution in [3.63, 3.8) is 0 Å². The van der Waals surface area contributed by atoms with E-state index in [-0.39, 0.29) is 12.4 Å². The van der Waals surface area contributed by atoms with E-state index in [0.717, 1.165) is 11.1 Å². The van der Waals surface area contributed by atoms with Crippen LogP contribution in [0.2, 0.25) is 0 Å². The lowest BCUT2D eigenvalue weighted by Crippen LogP contribution is -2.05. The minimum absolute atomic E-state index is 0.270. The molecule has 2 aromatic carbocycles. The molecule has 0 bridgehead atoms. The number of amides is 1. The van der Waals surface area contributed by atoms with Gasteiger partial charge in [-0.2, -0.15) is 0 Å². The molecule has 0 radical (unpaired) electrons. The van der Waals surface area contributed by atoms with Gasteiger partial charge in [-0.25, -0.2) is 4.39 Å². The van der Waals surface area contributed by atoms with Gasteiger partial charge in [-0.1, -0.05) is 12.1 Å². The van der Waals surface area contributed by atoms with Crippen LogP contribution >= 0.6 is 15.9 Å². The summed E-state index contributed by atoms with van der Waals surface area (Å²) < 4.78 is 24.6. The number of rotatable bonds is 6. The zero-order valence-electron chi connectivity index (χ0n) is 12.4. The van der Waals surface area contributed by atoms with Gasteiger partial charge in [0.2, 0.25) is 5.91 Å². The van der Waals surface area contributed by atoms with E-state index in [9.17, 15) is 9.18 Å². The highest BCUT2D eigenvalue weighted by molar-refractivity contribution is 9.10. The average Bonchev–Trinajstić information content (AvgIpc) is 2.53. The summed E-state index contributed by atoms with van der Waals surface area (Å²) in [6.45, 7) is 0.270. The molecule has 0 heterocycles. The van der Waals surface area contributed by atoms with Crippen molar-refractivity contribution in [1.29, 1.82) is 0 Å². The fourth-order valence-corrected chi connectivity index (χ4v) is 2.46. The second-order valence-electron chi connectivity index (χ2n) is 4.68. The number of carbonyl (C=O) groups excluding carboxylic acids is 1. The molecule has 2 N–H and O–H groups in total. The Bertz CT molecular complexity index is 729. The Kier molecular flexibility index (Phi) is 5.76. The second-order valence-corrected chi connectivity index (χ2v) is 5.54. The third kappa shape index (κ3) is 4.82. The molecule has 0 fully saturated rings. The Morgan fingerprint density at radius 3 is 2.61 bits per heavy atom. The molecule has 0 saturated heterocycles. The fraction of sp³-hybridized carbons (Fsp3) is 0.118. The maximum absolute atomic E-state index is 12.9. The van der Waals surface area contributed by atoms with E-state index in [1.54, 1.807) is 30.3 Å². The van der Waals surface area contributed by atoms with Crippen LogP contribution in [0.5, 0.6) is 11.5 Å². The average molecular weight is 380 g/mol. The molecule has 0 atom stereocenters. The zero-order valence-corrected chi connectivity index (χ0v) is 14.0. The first-order valence-corrected chi connectivity index (χ1v) is 7.51. The molecule has 6 heteroatoms. The van der Waals surface area contributed by atoms with Crippen LogP contribution in [0.25, 0.3) is 6.08 Å². The van der Waals surface area contributed by atoms with Crippen LogP contribution < -0.4 is 15.2 Å². The number of hydrogen-bond donors (Lipinski definition) is 1. The first kappa shape index (κ1) is 17.0. The van der Waals surface area contributed by atoms with Crippen LogP contribution in [0.1, 0.15) is 11.1 Å². The van der Waals surface area contributed by atoms with Gasteiger partial charge >= 0.3 is 0 Å². The highest BCUT2D eigenvalue weighted by Crippen LogP contribution is 2.37. The summed E-state index contributed by atoms with van der Waals surface area (Å²) in [4.78, 5) is 10.8. The van der Waals surface area contributed by atoms with Gasteiger partial charge in [0, 0.05) is 6.08 Å². The molecule has 23 heavy (non-hydrogen) atoms. The predicted molar refractivity (Wildman–Crippen MR) is 89.7 cm³/mol. The van der Waals surface area contributed by atoms with Crippen molar-refractivity contribution in [3.8, 4) is 11.5 Å². The molecular formula is C17H15BrFNO3. The van der Waals surface area contributed by atoms with Crippen molar-refractivity contribution in [2.45, 2.75) is 6.61 Å². The van der Waals surface area contributed by atoms with E-state index in [0.29, 0.717) is 16.0 Å². The van der Waals surface area contributed by atoms with Crippen LogP contribution in [0.3, 0.4) is 0 Å². The molecule has 0 spiro atoms. The van der Waals surface area contributed by atoms with Crippen LogP contribution in [0.4, 0.5) is 4.39 Å². The van der Waals surface area contributed by atoms with Crippen molar-refractivity contribution < 1.29 is 18.7 Å². The third-order valence-corrected chi connectivity index (χ3v) is 3.58. The summed E-state index contributed by atoms with van der Waals surface area (Å²) in [7, 11) is 1.52. The minimum atomic E-state index is -0.531. The molecular weight excluding hydrogens is 365 g/mol. The summed E-state index contributed by atoms with van der Waals surface area (Å²) in [6, 6.07) is 9.57. The van der Waals surface area contributed by atoms with Gasteiger partial charge in [0.25, 0.3) is 0 Å². The van der Waals surface area contributed by atoms with E-state index in [4.69, 9.17) is 15.2 Å². The second kappa shape index (κ2) is 7.78. The van der Waals surface area contributed by atoms with E-state index >= 15 is 0 Å². The number of methoxy groups -OCH3 is 1. The molecule has 0 saturated carbocycles. The quantitative estimate of drug-likeness (QED) is 0.778. The largest absolute Gasteiger partial charge is 0.493 e. The lowest BCUT2D eigenvalue weighted by Gasteiger charge is -2.13. The van der Waals surface area contributed by atoms with E-state index in [1.165, 1.54) is 25.3 Å². The maximum Gasteiger partial charge on any atom is 0.241 e. The molecule has 0 aliphatic rings. The van der Waals surface area contributed by atoms with Gasteiger partial charge in [0.15, 0.2) is 11.5 Å². The van der Waals surface area contributed by atoms with Crippen LogP contribution in [-0.2, 0) is 11.4 Å². The van der Waals surface area contributed by atoms with Crippen molar-refractivity contribution in [2.24, 2.45) is 5.73 Å². The summed E-state index contributed by atoms with van der Waals surface area (Å²) in [6.07, 6.45) is 2.85. The molecule has 0 unspecified atom stereocenters. The van der Waals surface area contributed by atoms with E-state index in [1.807, 2.05) is 0 Å². The Morgan fingerprint density at radius 1 is 1.30 bits per heavy atom. The van der Waals surface area contributed by atoms with Gasteiger partial charge < -0.3 is 15.2 Å². The zero-order chi connectivity index (χ0) is 16.8. The molecule has 2 aromatic rings. The summed E-state index contributed by atoms with van der Waals surface area (Å²) in [5.74, 6) is 0.202. The monoisotopic (exact) mass is 379 g/mol. The van der Waals surface area contributed by atoms with Gasteiger partial charge in [0.1, 0.15) is 12.4 Å². The number of primary amides is 1. The Balaban J connectivity index is 2.20. The minimum Gasteiger partial charge on any atom is -0.493 e. The molecule has 0 aliphatic carbocycles. The number of ether oxygens (including phenoxy) is 2. The Hall–Kier alpha value is -2.34. The van der Waals surface area contributed by atoms with Crippen LogP contribution in [-0.4, -0.2) is 13.0 Å². The maximum atomic E-state index is 12.9. The first-order valence-electron chi connectivity index (χ1n) is 6.72. The SMILES string of the molecule is COc1cc(/C=C/C(N)=O)cc(Br)c1OCc1ccc(F)cc1. The third-order valence-electron chi connectivity index (χ3n) is 2.99. The van der Waals surface area contributed by atoms with Gasteiger partial charge in [-0.05, 0) is 57.4 Å². The van der Waals surface area contributed by atoms with Gasteiger partial charge in [0.05, 0.1) is 11.6 Å². The predicted octanol–water partition coefficient (Wildman–Crippen LogP) is 3.67. The van der Waals surface area contributed by atoms with E-state index < -0.39 is 5.91 Å². The van der Waals surface area contributed by atoms with E-state index in [2.05, 4.69) is 15.9 Å². The lowest BCUT2D eigenvalue weighted by molar-refractivity contribution is -0.113. The van der Waals surface area contributed by atoms with Crippen LogP contribution in [0, 0.1) is 5.82 Å². The lowest BCUT2D eigenvalue weighted by atomic mass is 10.2. The number of nitrogens with two attached hydrogens (primary N) is 1. The molecule has 120 valence electrons. The topological polar surface area (TPSA) is 61.5 Å². The fourth-order valence-electron chi connectivity index (χ4n) is 1.89. The number of carbonyl (C=O) groups is 1. The van der Waals surface area contributed by atoms with Crippen molar-refractivity contribution in [1.82, 2.24) is 0 Å². The van der Waals surface area contributed by atoms with Crippen molar-refractivity contribution in [2.75, 3.05) is 7.11 Å². The van der Waals surface area contributed by atoms with Crippen molar-refractivity contribution >= 4 is 27.9 Å². The molecule has 0 aromatic heterocycles. The smallest absolute Gasteiger partial charge is 0.241 e. The summed E-state index contributed by atoms with van der Waals surface area (Å²) in [5, 5.41) is 0.